The van der Waals surface area contributed by atoms with Crippen molar-refractivity contribution in [3.8, 4) is 0 Å². The van der Waals surface area contributed by atoms with Crippen molar-refractivity contribution < 1.29 is 5.21 Å². The lowest BCUT2D eigenvalue weighted by Gasteiger charge is -2.05. The molecular formula is C13H17N5OS. The van der Waals surface area contributed by atoms with Crippen LogP contribution in [0.4, 0.5) is 0 Å². The number of rotatable bonds is 6. The molecule has 2 rings (SSSR count). The number of amidine groups is 1. The highest BCUT2D eigenvalue weighted by Crippen LogP contribution is 2.08. The van der Waals surface area contributed by atoms with Gasteiger partial charge in [0.05, 0.1) is 10.7 Å². The maximum Gasteiger partial charge on any atom is 0.188 e. The molecule has 0 fully saturated rings. The van der Waals surface area contributed by atoms with Crippen LogP contribution in [0, 0.1) is 6.92 Å². The molecule has 0 spiro atoms. The predicted octanol–water partition coefficient (Wildman–Crippen LogP) is 1.27. The zero-order valence-electron chi connectivity index (χ0n) is 11.2. The summed E-state index contributed by atoms with van der Waals surface area (Å²) in [6.07, 6.45) is 2.55. The van der Waals surface area contributed by atoms with Gasteiger partial charge in [-0.05, 0) is 24.6 Å². The van der Waals surface area contributed by atoms with Crippen LogP contribution in [0.15, 0.2) is 28.9 Å². The fraction of sp³-hybridized carbons (Fsp3) is 0.308. The summed E-state index contributed by atoms with van der Waals surface area (Å²) < 4.78 is 0. The molecule has 0 aliphatic rings. The SMILES string of the molecule is Cc1nc(CCNCc2ccnc(/C(N)=N/O)c2)cs1. The van der Waals surface area contributed by atoms with Gasteiger partial charge in [0.25, 0.3) is 0 Å². The van der Waals surface area contributed by atoms with E-state index in [0.717, 1.165) is 29.2 Å². The Labute approximate surface area is 121 Å². The fourth-order valence-electron chi connectivity index (χ4n) is 1.75. The number of nitrogens with zero attached hydrogens (tertiary/aromatic N) is 3. The molecule has 6 nitrogen and oxygen atoms in total. The normalized spacial score (nSPS) is 11.8. The Bertz CT molecular complexity index is 596. The number of nitrogens with one attached hydrogen (secondary N) is 1. The molecule has 4 N–H and O–H groups in total. The molecule has 2 heterocycles. The monoisotopic (exact) mass is 291 g/mol. The summed E-state index contributed by atoms with van der Waals surface area (Å²) in [5.41, 5.74) is 8.14. The first-order valence-corrected chi connectivity index (χ1v) is 7.11. The standard InChI is InChI=1S/C13H17N5OS/c1-9-17-11(8-20-9)3-4-15-7-10-2-5-16-12(6-10)13(14)18-19/h2,5-6,8,15,19H,3-4,7H2,1H3,(H2,14,18). The number of aromatic nitrogens is 2. The topological polar surface area (TPSA) is 96.4 Å². The maximum absolute atomic E-state index is 8.62. The van der Waals surface area contributed by atoms with Crippen LogP contribution in [-0.2, 0) is 13.0 Å². The van der Waals surface area contributed by atoms with Crippen LogP contribution in [0.25, 0.3) is 0 Å². The van der Waals surface area contributed by atoms with Gasteiger partial charge in [0.1, 0.15) is 5.69 Å². The van der Waals surface area contributed by atoms with E-state index in [2.05, 4.69) is 25.8 Å². The quantitative estimate of drug-likeness (QED) is 0.245. The lowest BCUT2D eigenvalue weighted by atomic mass is 10.2. The summed E-state index contributed by atoms with van der Waals surface area (Å²) in [6, 6.07) is 3.70. The number of thiazole rings is 1. The van der Waals surface area contributed by atoms with Gasteiger partial charge in [0, 0.05) is 31.1 Å². The Kier molecular flexibility index (Phi) is 5.03. The minimum absolute atomic E-state index is 0.0183. The number of hydrogen-bond acceptors (Lipinski definition) is 6. The molecule has 0 aliphatic carbocycles. The van der Waals surface area contributed by atoms with Crippen molar-refractivity contribution in [1.29, 1.82) is 0 Å². The Morgan fingerprint density at radius 3 is 3.10 bits per heavy atom. The Morgan fingerprint density at radius 2 is 2.40 bits per heavy atom. The summed E-state index contributed by atoms with van der Waals surface area (Å²) in [7, 11) is 0. The van der Waals surface area contributed by atoms with E-state index in [0.29, 0.717) is 12.2 Å². The molecule has 0 radical (unpaired) electrons. The number of aryl methyl sites for hydroxylation is 1. The largest absolute Gasteiger partial charge is 0.409 e. The molecule has 0 aromatic carbocycles. The summed E-state index contributed by atoms with van der Waals surface area (Å²) in [5.74, 6) is 0.0183. The fourth-order valence-corrected chi connectivity index (χ4v) is 2.39. The van der Waals surface area contributed by atoms with E-state index in [1.54, 1.807) is 23.6 Å². The van der Waals surface area contributed by atoms with E-state index in [4.69, 9.17) is 10.9 Å². The minimum atomic E-state index is 0.0183. The van der Waals surface area contributed by atoms with Crippen molar-refractivity contribution in [2.45, 2.75) is 19.9 Å². The third kappa shape index (κ3) is 4.01. The number of oxime groups is 1. The molecule has 106 valence electrons. The Balaban J connectivity index is 1.82. The summed E-state index contributed by atoms with van der Waals surface area (Å²) in [4.78, 5) is 8.45. The lowest BCUT2D eigenvalue weighted by molar-refractivity contribution is 0.318. The molecule has 0 saturated heterocycles. The second kappa shape index (κ2) is 6.97. The van der Waals surface area contributed by atoms with Crippen LogP contribution >= 0.6 is 11.3 Å². The van der Waals surface area contributed by atoms with Crippen LogP contribution < -0.4 is 11.1 Å². The van der Waals surface area contributed by atoms with Gasteiger partial charge in [-0.1, -0.05) is 5.16 Å². The number of nitrogens with two attached hydrogens (primary N) is 1. The van der Waals surface area contributed by atoms with Crippen molar-refractivity contribution in [3.63, 3.8) is 0 Å². The Morgan fingerprint density at radius 1 is 1.55 bits per heavy atom. The van der Waals surface area contributed by atoms with Gasteiger partial charge >= 0.3 is 0 Å². The van der Waals surface area contributed by atoms with Crippen molar-refractivity contribution in [2.75, 3.05) is 6.54 Å². The van der Waals surface area contributed by atoms with Crippen molar-refractivity contribution >= 4 is 17.2 Å². The van der Waals surface area contributed by atoms with Gasteiger partial charge < -0.3 is 16.3 Å². The van der Waals surface area contributed by atoms with E-state index < -0.39 is 0 Å². The molecular weight excluding hydrogens is 274 g/mol. The van der Waals surface area contributed by atoms with E-state index in [1.165, 1.54) is 0 Å². The third-order valence-electron chi connectivity index (χ3n) is 2.75. The second-order valence-electron chi connectivity index (χ2n) is 4.32. The zero-order valence-corrected chi connectivity index (χ0v) is 12.0. The Hall–Kier alpha value is -1.99. The lowest BCUT2D eigenvalue weighted by Crippen LogP contribution is -2.19. The molecule has 0 aliphatic heterocycles. The van der Waals surface area contributed by atoms with Crippen LogP contribution in [0.3, 0.4) is 0 Å². The highest BCUT2D eigenvalue weighted by molar-refractivity contribution is 7.09. The van der Waals surface area contributed by atoms with E-state index in [1.807, 2.05) is 13.0 Å². The number of pyridine rings is 1. The molecule has 20 heavy (non-hydrogen) atoms. The maximum atomic E-state index is 8.62. The van der Waals surface area contributed by atoms with Crippen molar-refractivity contribution in [3.05, 3.63) is 45.7 Å². The van der Waals surface area contributed by atoms with Gasteiger partial charge in [-0.15, -0.1) is 11.3 Å². The predicted molar refractivity (Wildman–Crippen MR) is 79.0 cm³/mol. The highest BCUT2D eigenvalue weighted by atomic mass is 32.1. The van der Waals surface area contributed by atoms with Crippen molar-refractivity contribution in [1.82, 2.24) is 15.3 Å². The van der Waals surface area contributed by atoms with Crippen LogP contribution in [-0.4, -0.2) is 27.6 Å². The second-order valence-corrected chi connectivity index (χ2v) is 5.38. The number of hydrogen-bond donors (Lipinski definition) is 3. The minimum Gasteiger partial charge on any atom is -0.409 e. The molecule has 0 saturated carbocycles. The average molecular weight is 291 g/mol. The third-order valence-corrected chi connectivity index (χ3v) is 3.57. The molecule has 0 unspecified atom stereocenters. The first-order chi connectivity index (χ1) is 9.69. The van der Waals surface area contributed by atoms with Gasteiger partial charge in [-0.25, -0.2) is 4.98 Å². The molecule has 2 aromatic rings. The first-order valence-electron chi connectivity index (χ1n) is 6.23. The smallest absolute Gasteiger partial charge is 0.188 e. The molecule has 0 atom stereocenters. The van der Waals surface area contributed by atoms with Gasteiger partial charge in [-0.3, -0.25) is 4.98 Å². The highest BCUT2D eigenvalue weighted by Gasteiger charge is 2.02. The van der Waals surface area contributed by atoms with E-state index in [-0.39, 0.29) is 5.84 Å². The van der Waals surface area contributed by atoms with Crippen LogP contribution in [0.5, 0.6) is 0 Å². The molecule has 0 amide bonds. The summed E-state index contributed by atoms with van der Waals surface area (Å²) in [6.45, 7) is 3.56. The molecule has 0 bridgehead atoms. The first kappa shape index (κ1) is 14.4. The summed E-state index contributed by atoms with van der Waals surface area (Å²) in [5, 5.41) is 18.1. The van der Waals surface area contributed by atoms with Gasteiger partial charge in [-0.2, -0.15) is 0 Å². The van der Waals surface area contributed by atoms with E-state index >= 15 is 0 Å². The van der Waals surface area contributed by atoms with Gasteiger partial charge in [0.2, 0.25) is 0 Å². The zero-order chi connectivity index (χ0) is 14.4. The van der Waals surface area contributed by atoms with Gasteiger partial charge in [0.15, 0.2) is 5.84 Å². The molecule has 2 aromatic heterocycles. The van der Waals surface area contributed by atoms with Crippen LogP contribution in [0.2, 0.25) is 0 Å². The van der Waals surface area contributed by atoms with Crippen molar-refractivity contribution in [2.24, 2.45) is 10.9 Å². The molecule has 7 heteroatoms. The summed E-state index contributed by atoms with van der Waals surface area (Å²) >= 11 is 1.67. The van der Waals surface area contributed by atoms with Crippen LogP contribution in [0.1, 0.15) is 22.0 Å². The van der Waals surface area contributed by atoms with E-state index in [9.17, 15) is 0 Å². The average Bonchev–Trinajstić information content (AvgIpc) is 2.88.